The largest absolute Gasteiger partial charge is 0.356 e. The van der Waals surface area contributed by atoms with Gasteiger partial charge < -0.3 is 4.90 Å². The van der Waals surface area contributed by atoms with Crippen LogP contribution in [0.15, 0.2) is 24.5 Å². The summed E-state index contributed by atoms with van der Waals surface area (Å²) in [6.07, 6.45) is 2.36. The van der Waals surface area contributed by atoms with Crippen molar-refractivity contribution in [3.8, 4) is 0 Å². The molecule has 6 heteroatoms. The van der Waals surface area contributed by atoms with E-state index in [0.717, 1.165) is 0 Å². The maximum atomic E-state index is 13.4. The van der Waals surface area contributed by atoms with Crippen molar-refractivity contribution in [3.63, 3.8) is 0 Å². The Balaban J connectivity index is 1.65. The molecule has 0 amide bonds. The fourth-order valence-corrected chi connectivity index (χ4v) is 3.34. The molecule has 2 heterocycles. The number of anilines is 1. The first-order chi connectivity index (χ1) is 10.0. The summed E-state index contributed by atoms with van der Waals surface area (Å²) in [5, 5.41) is 0.635. The van der Waals surface area contributed by atoms with E-state index in [1.165, 1.54) is 18.5 Å². The van der Waals surface area contributed by atoms with Crippen LogP contribution in [0.3, 0.4) is 0 Å². The van der Waals surface area contributed by atoms with Gasteiger partial charge in [-0.2, -0.15) is 0 Å². The molecule has 1 saturated heterocycles. The number of aromatic nitrogens is 2. The van der Waals surface area contributed by atoms with Gasteiger partial charge in [0, 0.05) is 30.3 Å². The number of fused-ring (bicyclic) bond motifs is 1. The number of piperidine rings is 1. The minimum atomic E-state index is -2.50. The van der Waals surface area contributed by atoms with Crippen molar-refractivity contribution in [3.05, 3.63) is 30.3 Å². The average molecular weight is 293 g/mol. The van der Waals surface area contributed by atoms with Crippen LogP contribution < -0.4 is 4.90 Å². The Morgan fingerprint density at radius 1 is 1.10 bits per heavy atom. The topological polar surface area (TPSA) is 29.0 Å². The molecule has 1 aromatic carbocycles. The highest BCUT2D eigenvalue weighted by atomic mass is 19.3. The molecule has 0 radical (unpaired) electrons. The van der Waals surface area contributed by atoms with Crippen molar-refractivity contribution in [1.82, 2.24) is 9.97 Å². The van der Waals surface area contributed by atoms with Gasteiger partial charge in [-0.1, -0.05) is 0 Å². The van der Waals surface area contributed by atoms with Crippen molar-refractivity contribution < 1.29 is 13.2 Å². The van der Waals surface area contributed by atoms with E-state index in [4.69, 9.17) is 0 Å². The van der Waals surface area contributed by atoms with E-state index < -0.39 is 11.3 Å². The zero-order valence-corrected chi connectivity index (χ0v) is 11.3. The number of benzene rings is 1. The van der Waals surface area contributed by atoms with Crippen LogP contribution in [0, 0.1) is 11.2 Å². The Morgan fingerprint density at radius 3 is 2.48 bits per heavy atom. The highest BCUT2D eigenvalue weighted by Gasteiger charge is 2.70. The van der Waals surface area contributed by atoms with E-state index in [9.17, 15) is 13.2 Å². The third-order valence-corrected chi connectivity index (χ3v) is 4.81. The lowest BCUT2D eigenvalue weighted by Gasteiger charge is -2.33. The molecule has 0 bridgehead atoms. The SMILES string of the molecule is Fc1ccc2ncnc(N3CCC4(CC3)CC4(F)F)c2c1. The molecule has 1 aliphatic carbocycles. The maximum Gasteiger partial charge on any atom is 0.254 e. The molecule has 21 heavy (non-hydrogen) atoms. The number of halogens is 3. The standard InChI is InChI=1S/C15H14F3N3/c16-10-1-2-12-11(7-10)13(20-9-19-12)21-5-3-14(4-6-21)8-15(14,17)18/h1-2,7,9H,3-6,8H2. The summed E-state index contributed by atoms with van der Waals surface area (Å²) in [4.78, 5) is 10.3. The van der Waals surface area contributed by atoms with E-state index in [2.05, 4.69) is 9.97 Å². The Kier molecular flexibility index (Phi) is 2.50. The molecule has 2 fully saturated rings. The van der Waals surface area contributed by atoms with E-state index in [1.807, 2.05) is 4.90 Å². The third kappa shape index (κ3) is 1.88. The predicted octanol–water partition coefficient (Wildman–Crippen LogP) is 3.39. The second-order valence-corrected chi connectivity index (χ2v) is 6.01. The maximum absolute atomic E-state index is 13.4. The van der Waals surface area contributed by atoms with Crippen LogP contribution in [0.4, 0.5) is 19.0 Å². The van der Waals surface area contributed by atoms with Gasteiger partial charge in [0.25, 0.3) is 5.92 Å². The molecule has 0 unspecified atom stereocenters. The summed E-state index contributed by atoms with van der Waals surface area (Å²) < 4.78 is 40.3. The first-order valence-corrected chi connectivity index (χ1v) is 7.04. The second kappa shape index (κ2) is 4.08. The van der Waals surface area contributed by atoms with Gasteiger partial charge in [-0.3, -0.25) is 0 Å². The zero-order valence-electron chi connectivity index (χ0n) is 11.3. The van der Waals surface area contributed by atoms with Gasteiger partial charge in [-0.15, -0.1) is 0 Å². The first kappa shape index (κ1) is 12.9. The Bertz CT molecular complexity index is 708. The van der Waals surface area contributed by atoms with Crippen LogP contribution in [0.25, 0.3) is 10.9 Å². The predicted molar refractivity (Wildman–Crippen MR) is 72.9 cm³/mol. The second-order valence-electron chi connectivity index (χ2n) is 6.01. The molecule has 3 nitrogen and oxygen atoms in total. The van der Waals surface area contributed by atoms with Gasteiger partial charge in [0.2, 0.25) is 0 Å². The average Bonchev–Trinajstić information content (AvgIpc) is 2.99. The van der Waals surface area contributed by atoms with Gasteiger partial charge in [0.15, 0.2) is 0 Å². The van der Waals surface area contributed by atoms with E-state index >= 15 is 0 Å². The van der Waals surface area contributed by atoms with Gasteiger partial charge in [-0.05, 0) is 31.0 Å². The number of hydrogen-bond acceptors (Lipinski definition) is 3. The highest BCUT2D eigenvalue weighted by molar-refractivity contribution is 5.89. The minimum Gasteiger partial charge on any atom is -0.356 e. The summed E-state index contributed by atoms with van der Waals surface area (Å²) in [5.41, 5.74) is -0.129. The van der Waals surface area contributed by atoms with Gasteiger partial charge in [-0.25, -0.2) is 23.1 Å². The van der Waals surface area contributed by atoms with Crippen LogP contribution >= 0.6 is 0 Å². The molecule has 0 N–H and O–H groups in total. The number of alkyl halides is 2. The van der Waals surface area contributed by atoms with Crippen LogP contribution in [0.1, 0.15) is 19.3 Å². The molecule has 4 rings (SSSR count). The Labute approximate surface area is 119 Å². The smallest absolute Gasteiger partial charge is 0.254 e. The number of nitrogens with zero attached hydrogens (tertiary/aromatic N) is 3. The lowest BCUT2D eigenvalue weighted by molar-refractivity contribution is 0.0537. The summed E-state index contributed by atoms with van der Waals surface area (Å²) in [6.45, 7) is 1.05. The normalized spacial score (nSPS) is 22.7. The number of rotatable bonds is 1. The molecule has 2 aliphatic rings. The fraction of sp³-hybridized carbons (Fsp3) is 0.467. The van der Waals surface area contributed by atoms with Crippen molar-refractivity contribution in [2.75, 3.05) is 18.0 Å². The van der Waals surface area contributed by atoms with Crippen LogP contribution in [-0.4, -0.2) is 29.0 Å². The van der Waals surface area contributed by atoms with Crippen molar-refractivity contribution >= 4 is 16.7 Å². The fourth-order valence-electron chi connectivity index (χ4n) is 3.34. The minimum absolute atomic E-state index is 0.00693. The molecule has 110 valence electrons. The Morgan fingerprint density at radius 2 is 1.81 bits per heavy atom. The molecule has 0 atom stereocenters. The van der Waals surface area contributed by atoms with Crippen LogP contribution in [0.5, 0.6) is 0 Å². The highest BCUT2D eigenvalue weighted by Crippen LogP contribution is 2.65. The lowest BCUT2D eigenvalue weighted by Crippen LogP contribution is -2.37. The molecule has 1 saturated carbocycles. The number of hydrogen-bond donors (Lipinski definition) is 0. The van der Waals surface area contributed by atoms with E-state index in [1.54, 1.807) is 6.07 Å². The molecule has 1 aromatic heterocycles. The summed E-state index contributed by atoms with van der Waals surface area (Å²) in [6, 6.07) is 4.37. The van der Waals surface area contributed by atoms with E-state index in [-0.39, 0.29) is 12.2 Å². The molecule has 1 aliphatic heterocycles. The van der Waals surface area contributed by atoms with Crippen LogP contribution in [-0.2, 0) is 0 Å². The molecule has 2 aromatic rings. The quantitative estimate of drug-likeness (QED) is 0.807. The molecular weight excluding hydrogens is 279 g/mol. The van der Waals surface area contributed by atoms with Crippen molar-refractivity contribution in [2.24, 2.45) is 5.41 Å². The summed E-state index contributed by atoms with van der Waals surface area (Å²) >= 11 is 0. The van der Waals surface area contributed by atoms with Gasteiger partial charge >= 0.3 is 0 Å². The molecular formula is C15H14F3N3. The van der Waals surface area contributed by atoms with Crippen LogP contribution in [0.2, 0.25) is 0 Å². The Hall–Kier alpha value is -1.85. The summed E-state index contributed by atoms with van der Waals surface area (Å²) in [7, 11) is 0. The van der Waals surface area contributed by atoms with Crippen molar-refractivity contribution in [2.45, 2.75) is 25.2 Å². The summed E-state index contributed by atoms with van der Waals surface area (Å²) in [5.74, 6) is -2.21. The van der Waals surface area contributed by atoms with Gasteiger partial charge in [0.1, 0.15) is 18.0 Å². The van der Waals surface area contributed by atoms with Crippen molar-refractivity contribution in [1.29, 1.82) is 0 Å². The van der Waals surface area contributed by atoms with E-state index in [0.29, 0.717) is 42.7 Å². The lowest BCUT2D eigenvalue weighted by atomic mass is 9.92. The zero-order chi connectivity index (χ0) is 14.7. The molecule has 1 spiro atoms. The first-order valence-electron chi connectivity index (χ1n) is 7.04. The third-order valence-electron chi connectivity index (χ3n) is 4.81. The monoisotopic (exact) mass is 293 g/mol. The van der Waals surface area contributed by atoms with Gasteiger partial charge in [0.05, 0.1) is 5.52 Å².